The summed E-state index contributed by atoms with van der Waals surface area (Å²) in [6, 6.07) is 21.1. The lowest BCUT2D eigenvalue weighted by Gasteiger charge is -2.09. The Morgan fingerprint density at radius 2 is 1.30 bits per heavy atom. The van der Waals surface area contributed by atoms with Gasteiger partial charge in [0.15, 0.2) is 11.6 Å². The van der Waals surface area contributed by atoms with Gasteiger partial charge >= 0.3 is 0 Å². The molecule has 0 fully saturated rings. The van der Waals surface area contributed by atoms with E-state index < -0.39 is 11.6 Å². The number of unbranched alkanes of at least 4 members (excludes halogenated alkanes) is 2. The Balaban J connectivity index is 1.73. The van der Waals surface area contributed by atoms with E-state index in [9.17, 15) is 8.78 Å². The lowest BCUT2D eigenvalue weighted by molar-refractivity contribution is 0.509. The van der Waals surface area contributed by atoms with E-state index in [-0.39, 0.29) is 0 Å². The highest BCUT2D eigenvalue weighted by molar-refractivity contribution is 6.08. The first-order valence-corrected chi connectivity index (χ1v) is 9.56. The van der Waals surface area contributed by atoms with Gasteiger partial charge in [-0.25, -0.2) is 8.78 Å². The first-order chi connectivity index (χ1) is 13.2. The summed E-state index contributed by atoms with van der Waals surface area (Å²) >= 11 is 0. The number of rotatable bonds is 5. The summed E-state index contributed by atoms with van der Waals surface area (Å²) in [6.07, 6.45) is 4.85. The Morgan fingerprint density at radius 3 is 2.04 bits per heavy atom. The van der Waals surface area contributed by atoms with Crippen LogP contribution < -0.4 is 0 Å². The summed E-state index contributed by atoms with van der Waals surface area (Å²) < 4.78 is 26.8. The SMILES string of the molecule is CCCCCc1ccc2c(ccc3cc(-c4ccc(F)c(F)c4)ccc32)c1. The minimum Gasteiger partial charge on any atom is -0.204 e. The van der Waals surface area contributed by atoms with E-state index in [0.717, 1.165) is 17.4 Å². The molecule has 0 heterocycles. The molecule has 2 heteroatoms. The molecule has 4 rings (SSSR count). The molecule has 0 amide bonds. The van der Waals surface area contributed by atoms with Crippen LogP contribution in [0.2, 0.25) is 0 Å². The van der Waals surface area contributed by atoms with Crippen LogP contribution in [0.5, 0.6) is 0 Å². The smallest absolute Gasteiger partial charge is 0.159 e. The Morgan fingerprint density at radius 1 is 0.630 bits per heavy atom. The normalized spacial score (nSPS) is 11.4. The van der Waals surface area contributed by atoms with E-state index in [4.69, 9.17) is 0 Å². The summed E-state index contributed by atoms with van der Waals surface area (Å²) in [5.41, 5.74) is 2.95. The van der Waals surface area contributed by atoms with E-state index in [0.29, 0.717) is 5.56 Å². The zero-order valence-corrected chi connectivity index (χ0v) is 15.4. The van der Waals surface area contributed by atoms with Gasteiger partial charge in [0.1, 0.15) is 0 Å². The maximum Gasteiger partial charge on any atom is 0.159 e. The highest BCUT2D eigenvalue weighted by Crippen LogP contribution is 2.31. The monoisotopic (exact) mass is 360 g/mol. The molecule has 0 spiro atoms. The van der Waals surface area contributed by atoms with Crippen molar-refractivity contribution in [2.75, 3.05) is 0 Å². The molecular formula is C25H22F2. The highest BCUT2D eigenvalue weighted by Gasteiger charge is 2.07. The van der Waals surface area contributed by atoms with Crippen molar-refractivity contribution in [2.24, 2.45) is 0 Å². The van der Waals surface area contributed by atoms with Crippen molar-refractivity contribution in [1.82, 2.24) is 0 Å². The average Bonchev–Trinajstić information content (AvgIpc) is 2.69. The van der Waals surface area contributed by atoms with Crippen LogP contribution in [-0.2, 0) is 6.42 Å². The van der Waals surface area contributed by atoms with Crippen molar-refractivity contribution >= 4 is 21.5 Å². The molecule has 0 N–H and O–H groups in total. The minimum absolute atomic E-state index is 0.683. The topological polar surface area (TPSA) is 0 Å². The lowest BCUT2D eigenvalue weighted by atomic mass is 9.95. The van der Waals surface area contributed by atoms with Crippen LogP contribution in [0.15, 0.2) is 66.7 Å². The van der Waals surface area contributed by atoms with Crippen molar-refractivity contribution in [3.63, 3.8) is 0 Å². The number of fused-ring (bicyclic) bond motifs is 3. The van der Waals surface area contributed by atoms with Crippen LogP contribution in [0, 0.1) is 11.6 Å². The van der Waals surface area contributed by atoms with Crippen LogP contribution in [0.4, 0.5) is 8.78 Å². The van der Waals surface area contributed by atoms with E-state index in [1.165, 1.54) is 53.1 Å². The van der Waals surface area contributed by atoms with Gasteiger partial charge in [-0.3, -0.25) is 0 Å². The predicted molar refractivity (Wildman–Crippen MR) is 110 cm³/mol. The molecule has 4 aromatic carbocycles. The molecule has 0 saturated heterocycles. The van der Waals surface area contributed by atoms with Gasteiger partial charge in [-0.2, -0.15) is 0 Å². The molecule has 27 heavy (non-hydrogen) atoms. The quantitative estimate of drug-likeness (QED) is 0.253. The third kappa shape index (κ3) is 3.57. The summed E-state index contributed by atoms with van der Waals surface area (Å²) in [6.45, 7) is 2.22. The largest absolute Gasteiger partial charge is 0.204 e. The summed E-state index contributed by atoms with van der Waals surface area (Å²) in [4.78, 5) is 0. The fourth-order valence-electron chi connectivity index (χ4n) is 3.71. The molecule has 0 radical (unpaired) electrons. The van der Waals surface area contributed by atoms with Gasteiger partial charge in [0.25, 0.3) is 0 Å². The average molecular weight is 360 g/mol. The molecule has 136 valence electrons. The standard InChI is InChI=1S/C25H22F2/c1-2-3-4-5-17-6-11-22-20(14-17)7-8-21-15-18(9-12-23(21)22)19-10-13-24(26)25(27)16-19/h6-16H,2-5H2,1H3. The molecule has 4 aromatic rings. The molecule has 0 aliphatic rings. The summed E-state index contributed by atoms with van der Waals surface area (Å²) in [5, 5.41) is 4.75. The second-order valence-corrected chi connectivity index (χ2v) is 7.14. The lowest BCUT2D eigenvalue weighted by Crippen LogP contribution is -1.88. The molecule has 0 aromatic heterocycles. The van der Waals surface area contributed by atoms with Gasteiger partial charge < -0.3 is 0 Å². The van der Waals surface area contributed by atoms with Crippen LogP contribution >= 0.6 is 0 Å². The van der Waals surface area contributed by atoms with Gasteiger partial charge in [0.2, 0.25) is 0 Å². The highest BCUT2D eigenvalue weighted by atomic mass is 19.2. The van der Waals surface area contributed by atoms with Crippen molar-refractivity contribution in [1.29, 1.82) is 0 Å². The Hall–Kier alpha value is -2.74. The molecule has 0 nitrogen and oxygen atoms in total. The first-order valence-electron chi connectivity index (χ1n) is 9.56. The van der Waals surface area contributed by atoms with Crippen molar-refractivity contribution < 1.29 is 8.78 Å². The Labute approximate surface area is 158 Å². The zero-order valence-electron chi connectivity index (χ0n) is 15.4. The molecule has 0 unspecified atom stereocenters. The predicted octanol–water partition coefficient (Wildman–Crippen LogP) is 7.67. The number of aryl methyl sites for hydroxylation is 1. The third-order valence-corrected chi connectivity index (χ3v) is 5.22. The van der Waals surface area contributed by atoms with Gasteiger partial charge in [0, 0.05) is 0 Å². The van der Waals surface area contributed by atoms with Gasteiger partial charge in [-0.05, 0) is 69.3 Å². The van der Waals surface area contributed by atoms with Gasteiger partial charge in [-0.1, -0.05) is 68.3 Å². The zero-order chi connectivity index (χ0) is 18.8. The number of hydrogen-bond donors (Lipinski definition) is 0. The van der Waals surface area contributed by atoms with Crippen LogP contribution in [-0.4, -0.2) is 0 Å². The molecule has 0 bridgehead atoms. The maximum absolute atomic E-state index is 13.6. The Bertz CT molecular complexity index is 1110. The summed E-state index contributed by atoms with van der Waals surface area (Å²) in [7, 11) is 0. The van der Waals surface area contributed by atoms with E-state index >= 15 is 0 Å². The van der Waals surface area contributed by atoms with E-state index in [1.54, 1.807) is 6.07 Å². The minimum atomic E-state index is -0.819. The van der Waals surface area contributed by atoms with Gasteiger partial charge in [-0.15, -0.1) is 0 Å². The fourth-order valence-corrected chi connectivity index (χ4v) is 3.71. The molecule has 0 aliphatic heterocycles. The van der Waals surface area contributed by atoms with E-state index in [2.05, 4.69) is 43.3 Å². The van der Waals surface area contributed by atoms with Crippen LogP contribution in [0.3, 0.4) is 0 Å². The molecular weight excluding hydrogens is 338 g/mol. The number of benzene rings is 4. The van der Waals surface area contributed by atoms with Crippen molar-refractivity contribution in [3.8, 4) is 11.1 Å². The van der Waals surface area contributed by atoms with Crippen molar-refractivity contribution in [3.05, 3.63) is 83.9 Å². The van der Waals surface area contributed by atoms with Crippen LogP contribution in [0.1, 0.15) is 31.7 Å². The van der Waals surface area contributed by atoms with Crippen LogP contribution in [0.25, 0.3) is 32.7 Å². The molecule has 0 saturated carbocycles. The number of halogens is 2. The van der Waals surface area contributed by atoms with Crippen molar-refractivity contribution in [2.45, 2.75) is 32.6 Å². The third-order valence-electron chi connectivity index (χ3n) is 5.22. The number of hydrogen-bond acceptors (Lipinski definition) is 0. The Kier molecular flexibility index (Phi) is 4.89. The van der Waals surface area contributed by atoms with Gasteiger partial charge in [0.05, 0.1) is 0 Å². The van der Waals surface area contributed by atoms with E-state index in [1.807, 2.05) is 12.1 Å². The fraction of sp³-hybridized carbons (Fsp3) is 0.200. The molecule has 0 atom stereocenters. The first kappa shape index (κ1) is 17.7. The second-order valence-electron chi connectivity index (χ2n) is 7.14. The summed E-state index contributed by atoms with van der Waals surface area (Å²) in [5.74, 6) is -1.64. The second kappa shape index (κ2) is 7.48. The molecule has 0 aliphatic carbocycles. The maximum atomic E-state index is 13.6.